The van der Waals surface area contributed by atoms with Crippen LogP contribution in [-0.2, 0) is 16.0 Å². The van der Waals surface area contributed by atoms with E-state index in [-0.39, 0.29) is 5.97 Å². The van der Waals surface area contributed by atoms with E-state index in [1.807, 2.05) is 13.8 Å². The lowest BCUT2D eigenvalue weighted by Gasteiger charge is -2.05. The molecule has 1 aromatic rings. The van der Waals surface area contributed by atoms with Gasteiger partial charge in [-0.05, 0) is 47.9 Å². The van der Waals surface area contributed by atoms with Gasteiger partial charge in [0.05, 0.1) is 6.26 Å². The second-order valence-electron chi connectivity index (χ2n) is 4.26. The molecular weight excluding hydrogens is 244 g/mol. The predicted octanol–water partition coefficient (Wildman–Crippen LogP) is 3.99. The van der Waals surface area contributed by atoms with Gasteiger partial charge >= 0.3 is 5.97 Å². The van der Waals surface area contributed by atoms with E-state index in [0.29, 0.717) is 0 Å². The van der Waals surface area contributed by atoms with Gasteiger partial charge in [-0.25, -0.2) is 0 Å². The number of esters is 1. The topological polar surface area (TPSA) is 26.3 Å². The second kappa shape index (κ2) is 7.07. The minimum atomic E-state index is -0.292. The molecule has 1 aromatic carbocycles. The SMILES string of the molecule is CC(=O)O/C=C(\C)Cc1ccc(/C(C)=C/S)cc1. The van der Waals surface area contributed by atoms with Crippen molar-refractivity contribution in [3.05, 3.63) is 52.6 Å². The van der Waals surface area contributed by atoms with Crippen LogP contribution in [0.25, 0.3) is 5.57 Å². The molecule has 0 atom stereocenters. The Bertz CT molecular complexity index is 470. The Labute approximate surface area is 114 Å². The molecular formula is C15H18O2S. The molecule has 0 aliphatic heterocycles. The van der Waals surface area contributed by atoms with Gasteiger partial charge in [0.25, 0.3) is 0 Å². The summed E-state index contributed by atoms with van der Waals surface area (Å²) < 4.78 is 4.84. The van der Waals surface area contributed by atoms with Crippen LogP contribution in [0.4, 0.5) is 0 Å². The Balaban J connectivity index is 2.69. The summed E-state index contributed by atoms with van der Waals surface area (Å²) in [7, 11) is 0. The summed E-state index contributed by atoms with van der Waals surface area (Å²) in [6.45, 7) is 5.36. The number of carbonyl (C=O) groups excluding carboxylic acids is 1. The molecule has 0 aliphatic carbocycles. The van der Waals surface area contributed by atoms with Crippen LogP contribution in [0, 0.1) is 0 Å². The summed E-state index contributed by atoms with van der Waals surface area (Å²) in [5.74, 6) is -0.292. The van der Waals surface area contributed by atoms with Gasteiger partial charge in [-0.2, -0.15) is 12.6 Å². The van der Waals surface area contributed by atoms with Crippen LogP contribution in [-0.4, -0.2) is 5.97 Å². The first-order valence-electron chi connectivity index (χ1n) is 5.76. The number of rotatable bonds is 4. The Kier molecular flexibility index (Phi) is 5.72. The van der Waals surface area contributed by atoms with Crippen molar-refractivity contribution in [2.45, 2.75) is 27.2 Å². The molecule has 0 N–H and O–H groups in total. The highest BCUT2D eigenvalue weighted by Crippen LogP contribution is 2.16. The first-order chi connectivity index (χ1) is 8.52. The molecule has 1 rings (SSSR count). The van der Waals surface area contributed by atoms with Crippen LogP contribution < -0.4 is 0 Å². The monoisotopic (exact) mass is 262 g/mol. The molecule has 3 heteroatoms. The van der Waals surface area contributed by atoms with Gasteiger partial charge in [0.15, 0.2) is 0 Å². The summed E-state index contributed by atoms with van der Waals surface area (Å²) in [6, 6.07) is 8.27. The number of hydrogen-bond acceptors (Lipinski definition) is 3. The van der Waals surface area contributed by atoms with E-state index in [1.54, 1.807) is 5.41 Å². The summed E-state index contributed by atoms with van der Waals surface area (Å²) >= 11 is 4.14. The molecule has 0 fully saturated rings. The van der Waals surface area contributed by atoms with E-state index in [0.717, 1.165) is 23.1 Å². The third-order valence-electron chi connectivity index (χ3n) is 2.51. The molecule has 0 saturated heterocycles. The van der Waals surface area contributed by atoms with E-state index in [2.05, 4.69) is 36.9 Å². The smallest absolute Gasteiger partial charge is 0.307 e. The highest BCUT2D eigenvalue weighted by Gasteiger charge is 1.98. The fourth-order valence-electron chi connectivity index (χ4n) is 1.51. The Morgan fingerprint density at radius 1 is 1.22 bits per heavy atom. The Hall–Kier alpha value is -1.48. The fourth-order valence-corrected chi connectivity index (χ4v) is 1.66. The minimum Gasteiger partial charge on any atom is -0.435 e. The molecule has 0 heterocycles. The van der Waals surface area contributed by atoms with Crippen molar-refractivity contribution in [2.75, 3.05) is 0 Å². The van der Waals surface area contributed by atoms with Gasteiger partial charge in [-0.3, -0.25) is 4.79 Å². The molecule has 0 unspecified atom stereocenters. The number of allylic oxidation sites excluding steroid dienone is 2. The lowest BCUT2D eigenvalue weighted by atomic mass is 10.0. The molecule has 0 radical (unpaired) electrons. The van der Waals surface area contributed by atoms with Crippen LogP contribution in [0.3, 0.4) is 0 Å². The van der Waals surface area contributed by atoms with Crippen molar-refractivity contribution in [1.29, 1.82) is 0 Å². The molecule has 96 valence electrons. The maximum Gasteiger partial charge on any atom is 0.307 e. The molecule has 0 saturated carbocycles. The van der Waals surface area contributed by atoms with Crippen LogP contribution in [0.5, 0.6) is 0 Å². The lowest BCUT2D eigenvalue weighted by molar-refractivity contribution is -0.135. The van der Waals surface area contributed by atoms with E-state index in [4.69, 9.17) is 4.74 Å². The number of hydrogen-bond donors (Lipinski definition) is 1. The van der Waals surface area contributed by atoms with Crippen molar-refractivity contribution in [3.8, 4) is 0 Å². The van der Waals surface area contributed by atoms with Gasteiger partial charge in [0.2, 0.25) is 0 Å². The maximum absolute atomic E-state index is 10.7. The summed E-state index contributed by atoms with van der Waals surface area (Å²) in [5, 5.41) is 1.79. The van der Waals surface area contributed by atoms with Gasteiger partial charge in [-0.15, -0.1) is 0 Å². The van der Waals surface area contributed by atoms with Crippen molar-refractivity contribution >= 4 is 24.2 Å². The average Bonchev–Trinajstić information content (AvgIpc) is 2.36. The van der Waals surface area contributed by atoms with E-state index in [9.17, 15) is 4.79 Å². The van der Waals surface area contributed by atoms with E-state index >= 15 is 0 Å². The maximum atomic E-state index is 10.7. The van der Waals surface area contributed by atoms with Crippen LogP contribution in [0.15, 0.2) is 41.5 Å². The van der Waals surface area contributed by atoms with Crippen LogP contribution in [0.2, 0.25) is 0 Å². The van der Waals surface area contributed by atoms with Crippen LogP contribution >= 0.6 is 12.6 Å². The number of benzene rings is 1. The summed E-state index contributed by atoms with van der Waals surface area (Å²) in [5.41, 5.74) is 4.50. The zero-order chi connectivity index (χ0) is 13.5. The summed E-state index contributed by atoms with van der Waals surface area (Å²) in [6.07, 6.45) is 2.28. The van der Waals surface area contributed by atoms with Gasteiger partial charge in [-0.1, -0.05) is 24.3 Å². The average molecular weight is 262 g/mol. The van der Waals surface area contributed by atoms with Gasteiger partial charge < -0.3 is 4.74 Å². The third-order valence-corrected chi connectivity index (χ3v) is 2.90. The van der Waals surface area contributed by atoms with Crippen molar-refractivity contribution in [2.24, 2.45) is 0 Å². The van der Waals surface area contributed by atoms with Crippen LogP contribution in [0.1, 0.15) is 31.9 Å². The fraction of sp³-hybridized carbons (Fsp3) is 0.267. The molecule has 18 heavy (non-hydrogen) atoms. The molecule has 0 aliphatic rings. The molecule has 2 nitrogen and oxygen atoms in total. The molecule has 0 spiro atoms. The van der Waals surface area contributed by atoms with Gasteiger partial charge in [0, 0.05) is 6.92 Å². The highest BCUT2D eigenvalue weighted by molar-refractivity contribution is 7.83. The standard InChI is InChI=1S/C15H18O2S/c1-11(9-17-13(3)16)8-14-4-6-15(7-5-14)12(2)10-18/h4-7,9-10,18H,8H2,1-3H3/b11-9+,12-10+. The first kappa shape index (κ1) is 14.6. The first-order valence-corrected chi connectivity index (χ1v) is 6.27. The second-order valence-corrected chi connectivity index (χ2v) is 4.52. The Morgan fingerprint density at radius 3 is 2.33 bits per heavy atom. The van der Waals surface area contributed by atoms with Crippen molar-refractivity contribution in [1.82, 2.24) is 0 Å². The zero-order valence-electron chi connectivity index (χ0n) is 10.9. The minimum absolute atomic E-state index is 0.292. The normalized spacial score (nSPS) is 12.4. The number of carbonyl (C=O) groups is 1. The number of ether oxygens (including phenoxy) is 1. The summed E-state index contributed by atoms with van der Waals surface area (Å²) in [4.78, 5) is 10.7. The quantitative estimate of drug-likeness (QED) is 0.504. The van der Waals surface area contributed by atoms with Gasteiger partial charge in [0.1, 0.15) is 0 Å². The third kappa shape index (κ3) is 4.80. The van der Waals surface area contributed by atoms with E-state index < -0.39 is 0 Å². The molecule has 0 bridgehead atoms. The van der Waals surface area contributed by atoms with Crippen molar-refractivity contribution in [3.63, 3.8) is 0 Å². The Morgan fingerprint density at radius 2 is 1.83 bits per heavy atom. The van der Waals surface area contributed by atoms with E-state index in [1.165, 1.54) is 18.7 Å². The predicted molar refractivity (Wildman–Crippen MR) is 78.3 cm³/mol. The highest BCUT2D eigenvalue weighted by atomic mass is 32.1. The molecule has 0 aromatic heterocycles. The largest absolute Gasteiger partial charge is 0.435 e. The van der Waals surface area contributed by atoms with Crippen molar-refractivity contribution < 1.29 is 9.53 Å². The number of thiol groups is 1. The lowest BCUT2D eigenvalue weighted by Crippen LogP contribution is -1.94. The molecule has 0 amide bonds. The zero-order valence-corrected chi connectivity index (χ0v) is 11.8.